The van der Waals surface area contributed by atoms with Gasteiger partial charge in [0.15, 0.2) is 5.75 Å². The highest BCUT2D eigenvalue weighted by molar-refractivity contribution is 7.53. The van der Waals surface area contributed by atoms with Crippen LogP contribution in [-0.2, 0) is 26.5 Å². The molecule has 0 saturated heterocycles. The van der Waals surface area contributed by atoms with E-state index < -0.39 is 30.4 Å². The van der Waals surface area contributed by atoms with Crippen LogP contribution in [0.4, 0.5) is 4.39 Å². The Morgan fingerprint density at radius 1 is 1.19 bits per heavy atom. The predicted molar refractivity (Wildman–Crippen MR) is 137 cm³/mol. The number of benzene rings is 1. The van der Waals surface area contributed by atoms with Crippen LogP contribution in [0.15, 0.2) is 35.1 Å². The van der Waals surface area contributed by atoms with Gasteiger partial charge in [0.25, 0.3) is 11.5 Å². The second-order valence-corrected chi connectivity index (χ2v) is 10.4. The van der Waals surface area contributed by atoms with Crippen LogP contribution >= 0.6 is 7.60 Å². The monoisotopic (exact) mass is 535 g/mol. The molecule has 2 aromatic heterocycles. The van der Waals surface area contributed by atoms with Crippen LogP contribution in [0.25, 0.3) is 11.0 Å². The molecule has 3 rings (SSSR count). The summed E-state index contributed by atoms with van der Waals surface area (Å²) in [6.45, 7) is 3.52. The van der Waals surface area contributed by atoms with Gasteiger partial charge in [0.1, 0.15) is 16.9 Å². The van der Waals surface area contributed by atoms with E-state index in [2.05, 4.69) is 15.3 Å². The largest absolute Gasteiger partial charge is 0.505 e. The zero-order valence-electron chi connectivity index (χ0n) is 20.8. The maximum atomic E-state index is 13.4. The number of aliphatic hydroxyl groups is 1. The number of hydrogen-bond acceptors (Lipinski definition) is 8. The number of aromatic nitrogens is 2. The van der Waals surface area contributed by atoms with Crippen molar-refractivity contribution in [3.63, 3.8) is 0 Å². The lowest BCUT2D eigenvalue weighted by Gasteiger charge is -2.17. The summed E-state index contributed by atoms with van der Waals surface area (Å²) in [7, 11) is -3.28. The van der Waals surface area contributed by atoms with Gasteiger partial charge in [-0.25, -0.2) is 9.37 Å². The lowest BCUT2D eigenvalue weighted by Crippen LogP contribution is -2.31. The van der Waals surface area contributed by atoms with Crippen molar-refractivity contribution in [1.29, 1.82) is 0 Å². The van der Waals surface area contributed by atoms with Crippen LogP contribution < -0.4 is 10.9 Å². The van der Waals surface area contributed by atoms with Crippen molar-refractivity contribution in [1.82, 2.24) is 15.3 Å². The van der Waals surface area contributed by atoms with Crippen LogP contribution in [0.1, 0.15) is 47.4 Å². The third-order valence-electron chi connectivity index (χ3n) is 5.56. The molecule has 1 amide bonds. The molecular formula is C25H31FN3O7P. The molecule has 4 N–H and O–H groups in total. The Hall–Kier alpha value is -3.11. The molecule has 0 spiro atoms. The first-order valence-electron chi connectivity index (χ1n) is 12.0. The Morgan fingerprint density at radius 2 is 1.86 bits per heavy atom. The average molecular weight is 536 g/mol. The van der Waals surface area contributed by atoms with E-state index in [9.17, 15) is 23.7 Å². The molecule has 10 nitrogen and oxygen atoms in total. The minimum absolute atomic E-state index is 0.0180. The summed E-state index contributed by atoms with van der Waals surface area (Å²) in [5, 5.41) is 22.1. The second kappa shape index (κ2) is 12.9. The average Bonchev–Trinajstić information content (AvgIpc) is 2.85. The first-order chi connectivity index (χ1) is 17.7. The van der Waals surface area contributed by atoms with E-state index in [1.54, 1.807) is 32.0 Å². The maximum absolute atomic E-state index is 13.4. The first kappa shape index (κ1) is 28.5. The zero-order chi connectivity index (χ0) is 27.0. The molecule has 200 valence electrons. The molecule has 1 aromatic carbocycles. The number of nitrogens with zero attached hydrogens (tertiary/aromatic N) is 1. The van der Waals surface area contributed by atoms with Gasteiger partial charge in [0, 0.05) is 12.2 Å². The van der Waals surface area contributed by atoms with Gasteiger partial charge in [-0.05, 0) is 62.4 Å². The fourth-order valence-corrected chi connectivity index (χ4v) is 5.60. The Balaban J connectivity index is 2.03. The molecule has 0 fully saturated rings. The summed E-state index contributed by atoms with van der Waals surface area (Å²) in [6, 6.07) is 7.61. The summed E-state index contributed by atoms with van der Waals surface area (Å²) in [4.78, 5) is 32.1. The van der Waals surface area contributed by atoms with Crippen LogP contribution in [0.2, 0.25) is 0 Å². The number of H-pyrrole nitrogens is 1. The molecule has 0 bridgehead atoms. The number of carbonyl (C=O) groups is 1. The number of nitrogens with one attached hydrogen (secondary N) is 2. The van der Waals surface area contributed by atoms with Crippen molar-refractivity contribution in [2.24, 2.45) is 0 Å². The van der Waals surface area contributed by atoms with Crippen molar-refractivity contribution in [2.45, 2.75) is 33.1 Å². The SMILES string of the molecule is CCOP(=O)(CCCc1nc2c(O)c(C(=O)NCCO)c(=O)[nH]c2cc1Cc1ccc(F)cc1)OCC. The summed E-state index contributed by atoms with van der Waals surface area (Å²) >= 11 is 0. The molecule has 12 heteroatoms. The number of aromatic amines is 1. The van der Waals surface area contributed by atoms with Crippen molar-refractivity contribution >= 4 is 24.5 Å². The van der Waals surface area contributed by atoms with E-state index in [4.69, 9.17) is 14.2 Å². The molecule has 37 heavy (non-hydrogen) atoms. The van der Waals surface area contributed by atoms with Gasteiger partial charge in [0.05, 0.1) is 31.5 Å². The standard InChI is InChI=1S/C25H31FN3O7P/c1-3-35-37(34,36-4-2)13-5-6-19-17(14-16-7-9-18(26)10-8-16)15-20-22(28-19)23(31)21(25(33)29-20)24(32)27-11-12-30/h7-10,15,30H,3-6,11-14H2,1-2H3,(H,27,32)(H2,29,31,33). The van der Waals surface area contributed by atoms with Gasteiger partial charge in [-0.2, -0.15) is 0 Å². The fourth-order valence-electron chi connectivity index (χ4n) is 3.94. The molecule has 0 radical (unpaired) electrons. The normalized spacial score (nSPS) is 11.7. The van der Waals surface area contributed by atoms with Gasteiger partial charge in [0.2, 0.25) is 0 Å². The van der Waals surface area contributed by atoms with Crippen molar-refractivity contribution in [3.8, 4) is 5.75 Å². The maximum Gasteiger partial charge on any atom is 0.330 e. The van der Waals surface area contributed by atoms with E-state index >= 15 is 0 Å². The molecule has 0 aliphatic rings. The highest BCUT2D eigenvalue weighted by Crippen LogP contribution is 2.48. The van der Waals surface area contributed by atoms with Gasteiger partial charge < -0.3 is 29.6 Å². The number of carbonyl (C=O) groups excluding carboxylic acids is 1. The van der Waals surface area contributed by atoms with E-state index in [0.717, 1.165) is 5.56 Å². The second-order valence-electron chi connectivity index (χ2n) is 8.22. The Morgan fingerprint density at radius 3 is 2.49 bits per heavy atom. The fraction of sp³-hybridized carbons (Fsp3) is 0.400. The van der Waals surface area contributed by atoms with Crippen molar-refractivity contribution in [3.05, 3.63) is 68.9 Å². The highest BCUT2D eigenvalue weighted by Gasteiger charge is 2.24. The Labute approximate surface area is 213 Å². The lowest BCUT2D eigenvalue weighted by molar-refractivity contribution is 0.0940. The molecule has 2 heterocycles. The Kier molecular flexibility index (Phi) is 9.93. The van der Waals surface area contributed by atoms with Crippen LogP contribution in [0.3, 0.4) is 0 Å². The number of aryl methyl sites for hydroxylation is 1. The van der Waals surface area contributed by atoms with Gasteiger partial charge in [-0.1, -0.05) is 12.1 Å². The molecule has 0 unspecified atom stereocenters. The third kappa shape index (κ3) is 7.23. The summed E-state index contributed by atoms with van der Waals surface area (Å²) in [5.41, 5.74) is 0.958. The molecule has 0 aliphatic heterocycles. The van der Waals surface area contributed by atoms with Crippen LogP contribution in [0.5, 0.6) is 5.75 Å². The van der Waals surface area contributed by atoms with Crippen LogP contribution in [0, 0.1) is 5.82 Å². The minimum Gasteiger partial charge on any atom is -0.505 e. The van der Waals surface area contributed by atoms with Crippen LogP contribution in [-0.4, -0.2) is 58.6 Å². The number of aliphatic hydroxyl groups excluding tert-OH is 1. The van der Waals surface area contributed by atoms with Gasteiger partial charge in [-0.15, -0.1) is 0 Å². The molecule has 0 saturated carbocycles. The summed E-state index contributed by atoms with van der Waals surface area (Å²) in [5.74, 6) is -1.80. The van der Waals surface area contributed by atoms with Gasteiger partial charge in [-0.3, -0.25) is 14.2 Å². The van der Waals surface area contributed by atoms with E-state index in [-0.39, 0.29) is 49.4 Å². The summed E-state index contributed by atoms with van der Waals surface area (Å²) in [6.07, 6.45) is 1.23. The lowest BCUT2D eigenvalue weighted by atomic mass is 10.00. The first-order valence-corrected chi connectivity index (χ1v) is 13.7. The Bertz CT molecular complexity index is 1330. The minimum atomic E-state index is -3.28. The van der Waals surface area contributed by atoms with Gasteiger partial charge >= 0.3 is 7.60 Å². The number of aromatic hydroxyl groups is 1. The summed E-state index contributed by atoms with van der Waals surface area (Å²) < 4.78 is 37.0. The van der Waals surface area contributed by atoms with E-state index in [0.29, 0.717) is 30.5 Å². The van der Waals surface area contributed by atoms with E-state index in [1.165, 1.54) is 12.1 Å². The predicted octanol–water partition coefficient (Wildman–Crippen LogP) is 3.28. The third-order valence-corrected chi connectivity index (χ3v) is 7.72. The van der Waals surface area contributed by atoms with E-state index in [1.807, 2.05) is 0 Å². The highest BCUT2D eigenvalue weighted by atomic mass is 31.2. The number of pyridine rings is 2. The quantitative estimate of drug-likeness (QED) is 0.244. The number of amides is 1. The molecule has 0 atom stereocenters. The van der Waals surface area contributed by atoms with Crippen molar-refractivity contribution in [2.75, 3.05) is 32.5 Å². The smallest absolute Gasteiger partial charge is 0.330 e. The molecular weight excluding hydrogens is 504 g/mol. The number of halogens is 1. The van der Waals surface area contributed by atoms with Crippen molar-refractivity contribution < 1.29 is 33.0 Å². The molecule has 0 aliphatic carbocycles. The number of rotatable bonds is 13. The number of hydrogen-bond donors (Lipinski definition) is 4. The molecule has 3 aromatic rings. The number of fused-ring (bicyclic) bond motifs is 1. The zero-order valence-corrected chi connectivity index (χ0v) is 21.6. The topological polar surface area (TPSA) is 151 Å².